The summed E-state index contributed by atoms with van der Waals surface area (Å²) in [6, 6.07) is 8.14. The first kappa shape index (κ1) is 12.9. The Kier molecular flexibility index (Phi) is 5.79. The highest BCUT2D eigenvalue weighted by Crippen LogP contribution is 2.07. The monoisotopic (exact) mass is 220 g/mol. The van der Waals surface area contributed by atoms with Crippen LogP contribution in [0, 0.1) is 6.92 Å². The Morgan fingerprint density at radius 3 is 2.81 bits per heavy atom. The lowest BCUT2D eigenvalue weighted by Gasteiger charge is -2.02. The number of Topliss-reactive ketones (excluding diaryl/α,β-unsaturated/α-hetero) is 1. The summed E-state index contributed by atoms with van der Waals surface area (Å²) in [4.78, 5) is 11.6. The van der Waals surface area contributed by atoms with Crippen molar-refractivity contribution in [3.63, 3.8) is 0 Å². The number of rotatable bonds is 7. The highest BCUT2D eigenvalue weighted by Gasteiger charge is 2.03. The molecule has 0 radical (unpaired) electrons. The summed E-state index contributed by atoms with van der Waals surface area (Å²) < 4.78 is 4.95. The van der Waals surface area contributed by atoms with Crippen molar-refractivity contribution in [2.75, 3.05) is 13.7 Å². The third-order valence-corrected chi connectivity index (χ3v) is 2.54. The van der Waals surface area contributed by atoms with Gasteiger partial charge in [-0.1, -0.05) is 29.8 Å². The number of methoxy groups -OCH3 is 1. The number of ether oxygens (including phenoxy) is 1. The lowest BCUT2D eigenvalue weighted by molar-refractivity contribution is -0.118. The second kappa shape index (κ2) is 7.18. The van der Waals surface area contributed by atoms with Crippen molar-refractivity contribution in [2.24, 2.45) is 0 Å². The Bertz CT molecular complexity index is 331. The molecule has 0 bridgehead atoms. The van der Waals surface area contributed by atoms with Crippen LogP contribution in [0.4, 0.5) is 0 Å². The number of aryl methyl sites for hydroxylation is 1. The van der Waals surface area contributed by atoms with Crippen LogP contribution in [0.3, 0.4) is 0 Å². The number of hydrogen-bond acceptors (Lipinski definition) is 2. The van der Waals surface area contributed by atoms with E-state index in [0.717, 1.165) is 25.0 Å². The van der Waals surface area contributed by atoms with E-state index in [9.17, 15) is 4.79 Å². The zero-order valence-corrected chi connectivity index (χ0v) is 10.2. The minimum absolute atomic E-state index is 0.321. The Morgan fingerprint density at radius 2 is 2.12 bits per heavy atom. The van der Waals surface area contributed by atoms with Gasteiger partial charge in [-0.15, -0.1) is 0 Å². The zero-order valence-electron chi connectivity index (χ0n) is 10.2. The molecule has 0 aliphatic rings. The van der Waals surface area contributed by atoms with Crippen molar-refractivity contribution in [3.8, 4) is 0 Å². The third kappa shape index (κ3) is 5.08. The Balaban J connectivity index is 2.29. The Morgan fingerprint density at radius 1 is 1.31 bits per heavy atom. The number of unbranched alkanes of at least 4 members (excludes halogenated alkanes) is 1. The number of carbonyl (C=O) groups excluding carboxylic acids is 1. The van der Waals surface area contributed by atoms with Gasteiger partial charge in [-0.25, -0.2) is 0 Å². The fourth-order valence-corrected chi connectivity index (χ4v) is 1.71. The van der Waals surface area contributed by atoms with Gasteiger partial charge in [0.05, 0.1) is 0 Å². The predicted molar refractivity (Wildman–Crippen MR) is 65.6 cm³/mol. The molecule has 16 heavy (non-hydrogen) atoms. The summed E-state index contributed by atoms with van der Waals surface area (Å²) in [5, 5.41) is 0. The normalized spacial score (nSPS) is 10.4. The molecule has 0 aliphatic heterocycles. The van der Waals surface area contributed by atoms with Crippen LogP contribution in [0.15, 0.2) is 24.3 Å². The molecule has 88 valence electrons. The molecule has 2 heteroatoms. The standard InChI is InChI=1S/C14H20O2/c1-12-6-5-7-13(10-12)11-14(15)8-3-4-9-16-2/h5-7,10H,3-4,8-9,11H2,1-2H3. The molecule has 1 aromatic rings. The van der Waals surface area contributed by atoms with Gasteiger partial charge in [0.2, 0.25) is 0 Å². The van der Waals surface area contributed by atoms with E-state index in [4.69, 9.17) is 4.74 Å². The van der Waals surface area contributed by atoms with Crippen LogP contribution >= 0.6 is 0 Å². The fraction of sp³-hybridized carbons (Fsp3) is 0.500. The van der Waals surface area contributed by atoms with Gasteiger partial charge in [0.25, 0.3) is 0 Å². The van der Waals surface area contributed by atoms with Crippen LogP contribution in [0.5, 0.6) is 0 Å². The number of hydrogen-bond donors (Lipinski definition) is 0. The molecule has 0 fully saturated rings. The van der Waals surface area contributed by atoms with Gasteiger partial charge in [0.1, 0.15) is 5.78 Å². The molecule has 0 aromatic heterocycles. The Labute approximate surface area is 97.6 Å². The highest BCUT2D eigenvalue weighted by atomic mass is 16.5. The van der Waals surface area contributed by atoms with E-state index in [1.54, 1.807) is 7.11 Å². The van der Waals surface area contributed by atoms with Crippen LogP contribution in [-0.2, 0) is 16.0 Å². The van der Waals surface area contributed by atoms with Crippen molar-refractivity contribution in [1.82, 2.24) is 0 Å². The predicted octanol–water partition coefficient (Wildman–Crippen LogP) is 2.92. The maximum Gasteiger partial charge on any atom is 0.137 e. The van der Waals surface area contributed by atoms with Crippen molar-refractivity contribution in [3.05, 3.63) is 35.4 Å². The number of benzene rings is 1. The quantitative estimate of drug-likeness (QED) is 0.660. The highest BCUT2D eigenvalue weighted by molar-refractivity contribution is 5.80. The molecule has 1 aromatic carbocycles. The molecule has 1 rings (SSSR count). The first-order valence-electron chi connectivity index (χ1n) is 5.78. The van der Waals surface area contributed by atoms with Gasteiger partial charge >= 0.3 is 0 Å². The third-order valence-electron chi connectivity index (χ3n) is 2.54. The molecule has 0 N–H and O–H groups in total. The summed E-state index contributed by atoms with van der Waals surface area (Å²) in [6.07, 6.45) is 3.13. The minimum Gasteiger partial charge on any atom is -0.385 e. The average molecular weight is 220 g/mol. The molecule has 0 heterocycles. The van der Waals surface area contributed by atoms with E-state index in [-0.39, 0.29) is 0 Å². The van der Waals surface area contributed by atoms with Gasteiger partial charge in [-0.2, -0.15) is 0 Å². The van der Waals surface area contributed by atoms with Crippen molar-refractivity contribution in [1.29, 1.82) is 0 Å². The second-order valence-electron chi connectivity index (χ2n) is 4.15. The Hall–Kier alpha value is -1.15. The topological polar surface area (TPSA) is 26.3 Å². The number of carbonyl (C=O) groups is 1. The van der Waals surface area contributed by atoms with Crippen LogP contribution in [0.1, 0.15) is 30.4 Å². The maximum absolute atomic E-state index is 11.6. The zero-order chi connectivity index (χ0) is 11.8. The van der Waals surface area contributed by atoms with Crippen molar-refractivity contribution >= 4 is 5.78 Å². The maximum atomic E-state index is 11.6. The van der Waals surface area contributed by atoms with E-state index >= 15 is 0 Å². The smallest absolute Gasteiger partial charge is 0.137 e. The van der Waals surface area contributed by atoms with E-state index in [1.807, 2.05) is 25.1 Å². The van der Waals surface area contributed by atoms with Crippen LogP contribution in [-0.4, -0.2) is 19.5 Å². The van der Waals surface area contributed by atoms with E-state index < -0.39 is 0 Å². The first-order chi connectivity index (χ1) is 7.72. The SMILES string of the molecule is COCCCCC(=O)Cc1cccc(C)c1. The van der Waals surface area contributed by atoms with E-state index in [1.165, 1.54) is 5.56 Å². The lowest BCUT2D eigenvalue weighted by atomic mass is 10.0. The molecule has 0 saturated carbocycles. The van der Waals surface area contributed by atoms with Gasteiger partial charge in [-0.05, 0) is 25.3 Å². The first-order valence-corrected chi connectivity index (χ1v) is 5.78. The summed E-state index contributed by atoms with van der Waals surface area (Å²) in [7, 11) is 1.69. The van der Waals surface area contributed by atoms with E-state index in [0.29, 0.717) is 18.6 Å². The largest absolute Gasteiger partial charge is 0.385 e. The second-order valence-corrected chi connectivity index (χ2v) is 4.15. The van der Waals surface area contributed by atoms with Crippen LogP contribution in [0.25, 0.3) is 0 Å². The molecule has 0 atom stereocenters. The lowest BCUT2D eigenvalue weighted by Crippen LogP contribution is -2.03. The van der Waals surface area contributed by atoms with Gasteiger partial charge in [-0.3, -0.25) is 4.79 Å². The summed E-state index contributed by atoms with van der Waals surface area (Å²) >= 11 is 0. The molecular weight excluding hydrogens is 200 g/mol. The summed E-state index contributed by atoms with van der Waals surface area (Å²) in [5.41, 5.74) is 2.33. The molecular formula is C14H20O2. The van der Waals surface area contributed by atoms with Crippen molar-refractivity contribution < 1.29 is 9.53 Å². The van der Waals surface area contributed by atoms with E-state index in [2.05, 4.69) is 6.07 Å². The molecule has 0 unspecified atom stereocenters. The van der Waals surface area contributed by atoms with Crippen LogP contribution < -0.4 is 0 Å². The molecule has 0 amide bonds. The van der Waals surface area contributed by atoms with Gasteiger partial charge in [0, 0.05) is 26.6 Å². The van der Waals surface area contributed by atoms with Crippen molar-refractivity contribution in [2.45, 2.75) is 32.6 Å². The van der Waals surface area contributed by atoms with Gasteiger partial charge in [0.15, 0.2) is 0 Å². The fourth-order valence-electron chi connectivity index (χ4n) is 1.71. The summed E-state index contributed by atoms with van der Waals surface area (Å²) in [5.74, 6) is 0.321. The molecule has 2 nitrogen and oxygen atoms in total. The summed E-state index contributed by atoms with van der Waals surface area (Å²) in [6.45, 7) is 2.80. The molecule has 0 saturated heterocycles. The molecule has 0 spiro atoms. The minimum atomic E-state index is 0.321. The average Bonchev–Trinajstić information content (AvgIpc) is 2.24. The number of ketones is 1. The van der Waals surface area contributed by atoms with Crippen LogP contribution in [0.2, 0.25) is 0 Å². The molecule has 0 aliphatic carbocycles. The van der Waals surface area contributed by atoms with Gasteiger partial charge < -0.3 is 4.74 Å².